The van der Waals surface area contributed by atoms with E-state index in [-0.39, 0.29) is 24.0 Å². The summed E-state index contributed by atoms with van der Waals surface area (Å²) in [5.41, 5.74) is 1.40. The van der Waals surface area contributed by atoms with Crippen molar-refractivity contribution in [1.82, 2.24) is 15.5 Å². The molecule has 1 aliphatic heterocycles. The fraction of sp³-hybridized carbons (Fsp3) is 0.688. The molecule has 0 radical (unpaired) electrons. The van der Waals surface area contributed by atoms with Crippen LogP contribution in [-0.2, 0) is 0 Å². The van der Waals surface area contributed by atoms with Crippen LogP contribution in [0.25, 0.3) is 0 Å². The van der Waals surface area contributed by atoms with Gasteiger partial charge in [0, 0.05) is 26.2 Å². The molecule has 2 rings (SSSR count). The number of hydrogen-bond acceptors (Lipinski definition) is 3. The average molecular weight is 436 g/mol. The van der Waals surface area contributed by atoms with Gasteiger partial charge in [0.25, 0.3) is 0 Å². The molecular weight excluding hydrogens is 407 g/mol. The van der Waals surface area contributed by atoms with E-state index in [4.69, 9.17) is 0 Å². The average Bonchev–Trinajstić information content (AvgIpc) is 3.18. The Hall–Kier alpha value is -0.340. The van der Waals surface area contributed by atoms with E-state index in [9.17, 15) is 0 Å². The van der Waals surface area contributed by atoms with Crippen LogP contribution in [0.3, 0.4) is 0 Å². The summed E-state index contributed by atoms with van der Waals surface area (Å²) in [4.78, 5) is 6.88. The van der Waals surface area contributed by atoms with Gasteiger partial charge < -0.3 is 10.6 Å². The Morgan fingerprint density at radius 1 is 1.50 bits per heavy atom. The molecule has 0 saturated carbocycles. The summed E-state index contributed by atoms with van der Waals surface area (Å²) in [6.07, 6.45) is 2.62. The van der Waals surface area contributed by atoms with Gasteiger partial charge in [-0.25, -0.2) is 0 Å². The molecule has 1 aromatic heterocycles. The third-order valence-electron chi connectivity index (χ3n) is 4.32. The molecule has 2 heterocycles. The first kappa shape index (κ1) is 19.7. The topological polar surface area (TPSA) is 39.7 Å². The van der Waals surface area contributed by atoms with Crippen molar-refractivity contribution >= 4 is 41.3 Å². The van der Waals surface area contributed by atoms with Crippen LogP contribution in [0.15, 0.2) is 21.8 Å². The van der Waals surface area contributed by atoms with Gasteiger partial charge in [0.1, 0.15) is 0 Å². The molecule has 0 aromatic carbocycles. The van der Waals surface area contributed by atoms with Crippen molar-refractivity contribution in [2.75, 3.05) is 33.2 Å². The summed E-state index contributed by atoms with van der Waals surface area (Å²) >= 11 is 1.76. The van der Waals surface area contributed by atoms with Crippen molar-refractivity contribution in [3.05, 3.63) is 22.4 Å². The second-order valence-electron chi connectivity index (χ2n) is 5.72. The quantitative estimate of drug-likeness (QED) is 0.409. The van der Waals surface area contributed by atoms with Gasteiger partial charge in [-0.3, -0.25) is 9.89 Å². The van der Waals surface area contributed by atoms with E-state index in [1.54, 1.807) is 11.3 Å². The minimum absolute atomic E-state index is 0. The van der Waals surface area contributed by atoms with Crippen molar-refractivity contribution in [2.45, 2.75) is 38.6 Å². The number of aliphatic imine (C=N–C) groups is 1. The Labute approximate surface area is 155 Å². The highest BCUT2D eigenvalue weighted by Gasteiger charge is 2.22. The Kier molecular flexibility index (Phi) is 9.35. The first-order valence-corrected chi connectivity index (χ1v) is 8.89. The number of guanidine groups is 1. The number of likely N-dealkylation sites (tertiary alicyclic amines) is 1. The molecule has 1 fully saturated rings. The molecule has 0 spiro atoms. The maximum Gasteiger partial charge on any atom is 0.191 e. The van der Waals surface area contributed by atoms with Crippen LogP contribution in [0.5, 0.6) is 0 Å². The molecule has 1 aromatic rings. The first-order chi connectivity index (χ1) is 10.2. The van der Waals surface area contributed by atoms with Crippen LogP contribution < -0.4 is 10.6 Å². The Bertz CT molecular complexity index is 435. The van der Waals surface area contributed by atoms with Gasteiger partial charge in [-0.1, -0.05) is 13.8 Å². The smallest absolute Gasteiger partial charge is 0.191 e. The number of hydrogen-bond donors (Lipinski definition) is 2. The van der Waals surface area contributed by atoms with Crippen LogP contribution in [0.1, 0.15) is 38.2 Å². The molecule has 0 bridgehead atoms. The zero-order chi connectivity index (χ0) is 15.1. The van der Waals surface area contributed by atoms with Crippen molar-refractivity contribution in [1.29, 1.82) is 0 Å². The van der Waals surface area contributed by atoms with E-state index in [1.165, 1.54) is 24.9 Å². The highest BCUT2D eigenvalue weighted by atomic mass is 127. The monoisotopic (exact) mass is 436 g/mol. The minimum Gasteiger partial charge on any atom is -0.356 e. The molecule has 2 unspecified atom stereocenters. The number of halogens is 1. The summed E-state index contributed by atoms with van der Waals surface area (Å²) in [5.74, 6) is 1.42. The Balaban J connectivity index is 0.00000242. The van der Waals surface area contributed by atoms with Gasteiger partial charge in [-0.15, -0.1) is 24.0 Å². The molecule has 6 heteroatoms. The summed E-state index contributed by atoms with van der Waals surface area (Å²) < 4.78 is 0. The fourth-order valence-corrected chi connectivity index (χ4v) is 3.68. The molecule has 126 valence electrons. The minimum atomic E-state index is 0. The van der Waals surface area contributed by atoms with E-state index < -0.39 is 0 Å². The van der Waals surface area contributed by atoms with E-state index in [1.807, 2.05) is 7.05 Å². The standard InChI is InChI=1S/C16H28N4S.HI/c1-4-20-8-5-6-15(20)11-19-16(17-3)18-10-13(2)14-7-9-21-12-14;/h7,9,12-13,15H,4-6,8,10-11H2,1-3H3,(H2,17,18,19);1H. The Morgan fingerprint density at radius 3 is 2.95 bits per heavy atom. The van der Waals surface area contributed by atoms with E-state index in [0.717, 1.165) is 25.6 Å². The van der Waals surface area contributed by atoms with Crippen LogP contribution in [0.2, 0.25) is 0 Å². The SMILES string of the molecule is CCN1CCCC1CNC(=NC)NCC(C)c1ccsc1.I. The van der Waals surface area contributed by atoms with Crippen molar-refractivity contribution in [2.24, 2.45) is 4.99 Å². The summed E-state index contributed by atoms with van der Waals surface area (Å²) in [5, 5.41) is 11.3. The van der Waals surface area contributed by atoms with Crippen LogP contribution in [-0.4, -0.2) is 50.1 Å². The molecule has 2 atom stereocenters. The molecule has 4 nitrogen and oxygen atoms in total. The lowest BCUT2D eigenvalue weighted by Gasteiger charge is -2.24. The zero-order valence-corrected chi connectivity index (χ0v) is 17.0. The van der Waals surface area contributed by atoms with Gasteiger partial charge >= 0.3 is 0 Å². The molecule has 1 saturated heterocycles. The second-order valence-corrected chi connectivity index (χ2v) is 6.50. The van der Waals surface area contributed by atoms with Crippen molar-refractivity contribution in [3.8, 4) is 0 Å². The largest absolute Gasteiger partial charge is 0.356 e. The molecule has 1 aliphatic rings. The number of rotatable bonds is 6. The van der Waals surface area contributed by atoms with Gasteiger partial charge in [0.2, 0.25) is 0 Å². The molecule has 0 amide bonds. The predicted molar refractivity (Wildman–Crippen MR) is 108 cm³/mol. The van der Waals surface area contributed by atoms with Gasteiger partial charge in [-0.2, -0.15) is 11.3 Å². The molecule has 0 aliphatic carbocycles. The predicted octanol–water partition coefficient (Wildman–Crippen LogP) is 3.12. The summed E-state index contributed by atoms with van der Waals surface area (Å²) in [6.45, 7) is 8.78. The van der Waals surface area contributed by atoms with Crippen molar-refractivity contribution < 1.29 is 0 Å². The highest BCUT2D eigenvalue weighted by molar-refractivity contribution is 14.0. The molecule has 2 N–H and O–H groups in total. The van der Waals surface area contributed by atoms with Gasteiger partial charge in [0.15, 0.2) is 5.96 Å². The number of nitrogens with zero attached hydrogens (tertiary/aromatic N) is 2. The van der Waals surface area contributed by atoms with Gasteiger partial charge in [-0.05, 0) is 54.2 Å². The number of likely N-dealkylation sites (N-methyl/N-ethyl adjacent to an activating group) is 1. The fourth-order valence-electron chi connectivity index (χ4n) is 2.90. The van der Waals surface area contributed by atoms with Crippen LogP contribution >= 0.6 is 35.3 Å². The summed E-state index contributed by atoms with van der Waals surface area (Å²) in [6, 6.07) is 2.85. The third kappa shape index (κ3) is 5.70. The lowest BCUT2D eigenvalue weighted by molar-refractivity contribution is 0.267. The summed E-state index contributed by atoms with van der Waals surface area (Å²) in [7, 11) is 1.84. The lowest BCUT2D eigenvalue weighted by atomic mass is 10.1. The maximum atomic E-state index is 4.33. The Morgan fingerprint density at radius 2 is 2.32 bits per heavy atom. The molecular formula is C16H29IN4S. The first-order valence-electron chi connectivity index (χ1n) is 7.95. The van der Waals surface area contributed by atoms with Crippen LogP contribution in [0, 0.1) is 0 Å². The number of nitrogens with one attached hydrogen (secondary N) is 2. The normalized spacial score (nSPS) is 20.5. The van der Waals surface area contributed by atoms with Crippen LogP contribution in [0.4, 0.5) is 0 Å². The number of thiophene rings is 1. The van der Waals surface area contributed by atoms with Gasteiger partial charge in [0.05, 0.1) is 0 Å². The zero-order valence-electron chi connectivity index (χ0n) is 13.8. The van der Waals surface area contributed by atoms with E-state index in [2.05, 4.69) is 51.2 Å². The van der Waals surface area contributed by atoms with Crippen molar-refractivity contribution in [3.63, 3.8) is 0 Å². The third-order valence-corrected chi connectivity index (χ3v) is 5.02. The van der Waals surface area contributed by atoms with E-state index >= 15 is 0 Å². The molecule has 22 heavy (non-hydrogen) atoms. The van der Waals surface area contributed by atoms with E-state index in [0.29, 0.717) is 12.0 Å². The highest BCUT2D eigenvalue weighted by Crippen LogP contribution is 2.17. The lowest BCUT2D eigenvalue weighted by Crippen LogP contribution is -2.45. The second kappa shape index (κ2) is 10.4. The maximum absolute atomic E-state index is 4.33.